The second kappa shape index (κ2) is 7.68. The number of pyridine rings is 1. The molecular weight excluding hydrogens is 543 g/mol. The first-order chi connectivity index (χ1) is 21.4. The van der Waals surface area contributed by atoms with Crippen LogP contribution in [0.5, 0.6) is 0 Å². The summed E-state index contributed by atoms with van der Waals surface area (Å²) >= 11 is 1.88. The number of hydrogen-bond acceptors (Lipinski definition) is 1. The molecule has 6 aromatic carbocycles. The van der Waals surface area contributed by atoms with Gasteiger partial charge in [0.05, 0.1) is 27.5 Å². The van der Waals surface area contributed by atoms with Gasteiger partial charge in [-0.1, -0.05) is 108 Å². The van der Waals surface area contributed by atoms with Crippen molar-refractivity contribution in [3.63, 3.8) is 0 Å². The summed E-state index contributed by atoms with van der Waals surface area (Å²) in [7, 11) is 0. The number of thiophene rings is 1. The van der Waals surface area contributed by atoms with Crippen LogP contribution in [0.15, 0.2) is 127 Å². The molecule has 0 saturated carbocycles. The summed E-state index contributed by atoms with van der Waals surface area (Å²) in [6.07, 6.45) is 0. The monoisotopic (exact) mass is 564 g/mol. The Hall–Kier alpha value is -5.45. The van der Waals surface area contributed by atoms with Crippen LogP contribution in [-0.2, 0) is 0 Å². The average molecular weight is 565 g/mol. The third-order valence-corrected chi connectivity index (χ3v) is 10.7. The molecule has 0 fully saturated rings. The number of rotatable bonds is 1. The van der Waals surface area contributed by atoms with Gasteiger partial charge in [-0.2, -0.15) is 4.40 Å². The van der Waals surface area contributed by atoms with Crippen molar-refractivity contribution in [1.29, 1.82) is 0 Å². The second-order valence-electron chi connectivity index (χ2n) is 11.6. The van der Waals surface area contributed by atoms with E-state index in [1.165, 1.54) is 86.3 Å². The van der Waals surface area contributed by atoms with Crippen molar-refractivity contribution >= 4 is 80.9 Å². The van der Waals surface area contributed by atoms with Gasteiger partial charge < -0.3 is 4.57 Å². The van der Waals surface area contributed by atoms with Gasteiger partial charge >= 0.3 is 0 Å². The van der Waals surface area contributed by atoms with E-state index in [1.54, 1.807) is 0 Å². The highest BCUT2D eigenvalue weighted by molar-refractivity contribution is 7.25. The summed E-state index contributed by atoms with van der Waals surface area (Å²) in [5, 5.41) is 7.75. The van der Waals surface area contributed by atoms with Gasteiger partial charge in [-0.15, -0.1) is 0 Å². The summed E-state index contributed by atoms with van der Waals surface area (Å²) in [6.45, 7) is 0. The molecule has 4 heteroatoms. The van der Waals surface area contributed by atoms with Crippen LogP contribution in [0.4, 0.5) is 0 Å². The van der Waals surface area contributed by atoms with E-state index in [4.69, 9.17) is 0 Å². The maximum absolute atomic E-state index is 3.85. The van der Waals surface area contributed by atoms with Crippen LogP contribution >= 0.6 is 11.3 Å². The number of aromatic nitrogens is 3. The van der Waals surface area contributed by atoms with Crippen molar-refractivity contribution < 1.29 is 4.40 Å². The quantitative estimate of drug-likeness (QED) is 0.192. The number of hydrogen-bond donors (Lipinski definition) is 1. The lowest BCUT2D eigenvalue weighted by Gasteiger charge is -2.14. The van der Waals surface area contributed by atoms with Crippen molar-refractivity contribution in [2.24, 2.45) is 0 Å². The highest BCUT2D eigenvalue weighted by atomic mass is 32.1. The Bertz CT molecular complexity index is 2790. The van der Waals surface area contributed by atoms with Crippen molar-refractivity contribution in [3.05, 3.63) is 127 Å². The van der Waals surface area contributed by atoms with E-state index in [-0.39, 0.29) is 0 Å². The largest absolute Gasteiger partial charge is 0.307 e. The lowest BCUT2D eigenvalue weighted by molar-refractivity contribution is -0.445. The van der Waals surface area contributed by atoms with E-state index in [1.807, 2.05) is 11.3 Å². The smallest absolute Gasteiger partial charge is 0.296 e. The third kappa shape index (κ3) is 2.60. The highest BCUT2D eigenvalue weighted by Crippen LogP contribution is 2.50. The maximum Gasteiger partial charge on any atom is 0.296 e. The number of para-hydroxylation sites is 3. The van der Waals surface area contributed by atoms with Gasteiger partial charge in [0.1, 0.15) is 0 Å². The lowest BCUT2D eigenvalue weighted by atomic mass is 10.0. The van der Waals surface area contributed by atoms with E-state index in [2.05, 4.69) is 141 Å². The molecule has 0 spiro atoms. The minimum absolute atomic E-state index is 1.14. The lowest BCUT2D eigenvalue weighted by Crippen LogP contribution is -2.20. The maximum atomic E-state index is 3.85. The van der Waals surface area contributed by atoms with Crippen LogP contribution in [0.2, 0.25) is 0 Å². The molecule has 0 radical (unpaired) electrons. The Morgan fingerprint density at radius 1 is 0.535 bits per heavy atom. The molecule has 11 rings (SSSR count). The van der Waals surface area contributed by atoms with Gasteiger partial charge in [0.15, 0.2) is 15.9 Å². The molecule has 1 aliphatic rings. The standard InChI is InChI=1S/C39H21N3S/c1-2-11-23-22(10-1)24-14-9-15-26-31(21-20-25(23)34(24)26)41-30-17-6-3-12-27(30)35-37(41)36-28-13-4-8-19-33(28)43-39(36)42-32-18-7-5-16-29(32)40-38(35)42/h1-21H/p+1. The van der Waals surface area contributed by atoms with Crippen LogP contribution in [0.3, 0.4) is 0 Å². The summed E-state index contributed by atoms with van der Waals surface area (Å²) in [6, 6.07) is 46.8. The number of aromatic amines is 1. The molecule has 43 heavy (non-hydrogen) atoms. The van der Waals surface area contributed by atoms with E-state index in [9.17, 15) is 0 Å². The molecule has 0 unspecified atom stereocenters. The Balaban J connectivity index is 1.43. The zero-order valence-electron chi connectivity index (χ0n) is 22.9. The molecular formula is C39H22N3S+. The predicted molar refractivity (Wildman–Crippen MR) is 181 cm³/mol. The SMILES string of the molecule is c1ccc2c(c1)-c1cccc3c(-n4c5ccccc5c5c4c4c6ccccc6sc4[n+]4c6ccccc6[nH]c54)ccc-2c13. The Labute approximate surface area is 249 Å². The summed E-state index contributed by atoms with van der Waals surface area (Å²) in [5.74, 6) is 0. The number of nitrogens with one attached hydrogen (secondary N) is 1. The van der Waals surface area contributed by atoms with Crippen molar-refractivity contribution in [1.82, 2.24) is 9.55 Å². The molecule has 10 aromatic rings. The first-order valence-corrected chi connectivity index (χ1v) is 15.5. The van der Waals surface area contributed by atoms with Crippen LogP contribution in [-0.4, -0.2) is 9.55 Å². The number of imidazole rings is 1. The fourth-order valence-electron chi connectivity index (χ4n) is 7.84. The molecule has 3 nitrogen and oxygen atoms in total. The second-order valence-corrected chi connectivity index (χ2v) is 12.6. The first kappa shape index (κ1) is 22.2. The molecule has 0 aliphatic heterocycles. The van der Waals surface area contributed by atoms with E-state index in [0.29, 0.717) is 0 Å². The molecule has 0 atom stereocenters. The normalized spacial score (nSPS) is 12.7. The number of benzene rings is 6. The molecule has 4 aromatic heterocycles. The highest BCUT2D eigenvalue weighted by Gasteiger charge is 2.30. The molecule has 0 bridgehead atoms. The number of nitrogens with zero attached hydrogens (tertiary/aromatic N) is 2. The van der Waals surface area contributed by atoms with Gasteiger partial charge in [-0.3, -0.25) is 0 Å². The summed E-state index contributed by atoms with van der Waals surface area (Å²) in [5.41, 5.74) is 12.5. The summed E-state index contributed by atoms with van der Waals surface area (Å²) < 4.78 is 6.30. The molecule has 0 amide bonds. The van der Waals surface area contributed by atoms with Crippen LogP contribution in [0.25, 0.3) is 97.5 Å². The minimum Gasteiger partial charge on any atom is -0.307 e. The van der Waals surface area contributed by atoms with Crippen molar-refractivity contribution in [3.8, 4) is 27.9 Å². The molecule has 198 valence electrons. The van der Waals surface area contributed by atoms with Crippen LogP contribution in [0, 0.1) is 0 Å². The van der Waals surface area contributed by atoms with Gasteiger partial charge in [0.25, 0.3) is 5.65 Å². The number of fused-ring (bicyclic) bond motifs is 15. The molecule has 4 heterocycles. The summed E-state index contributed by atoms with van der Waals surface area (Å²) in [4.78, 5) is 5.12. The van der Waals surface area contributed by atoms with Crippen LogP contribution < -0.4 is 4.40 Å². The zero-order chi connectivity index (χ0) is 27.8. The molecule has 1 aliphatic carbocycles. The Morgan fingerprint density at radius 2 is 1.23 bits per heavy atom. The Morgan fingerprint density at radius 3 is 2.14 bits per heavy atom. The predicted octanol–water partition coefficient (Wildman–Crippen LogP) is 10.2. The third-order valence-electron chi connectivity index (χ3n) is 9.52. The van der Waals surface area contributed by atoms with Gasteiger partial charge in [0.2, 0.25) is 0 Å². The van der Waals surface area contributed by atoms with E-state index >= 15 is 0 Å². The molecule has 0 saturated heterocycles. The average Bonchev–Trinajstić information content (AvgIpc) is 3.80. The van der Waals surface area contributed by atoms with Gasteiger partial charge in [-0.05, 0) is 58.0 Å². The fraction of sp³-hybridized carbons (Fsp3) is 0. The van der Waals surface area contributed by atoms with Gasteiger partial charge in [-0.25, -0.2) is 4.98 Å². The van der Waals surface area contributed by atoms with Crippen LogP contribution in [0.1, 0.15) is 0 Å². The van der Waals surface area contributed by atoms with E-state index in [0.717, 1.165) is 11.2 Å². The van der Waals surface area contributed by atoms with Crippen molar-refractivity contribution in [2.45, 2.75) is 0 Å². The Kier molecular flexibility index (Phi) is 3.96. The van der Waals surface area contributed by atoms with Crippen molar-refractivity contribution in [2.75, 3.05) is 0 Å². The topological polar surface area (TPSA) is 24.8 Å². The minimum atomic E-state index is 1.14. The van der Waals surface area contributed by atoms with Gasteiger partial charge in [0, 0.05) is 20.9 Å². The first-order valence-electron chi connectivity index (χ1n) is 14.7. The molecule has 1 N–H and O–H groups in total. The zero-order valence-corrected chi connectivity index (χ0v) is 23.7. The fourth-order valence-corrected chi connectivity index (χ4v) is 9.06. The van der Waals surface area contributed by atoms with E-state index < -0.39 is 0 Å². The number of H-pyrrole nitrogens is 1.